The van der Waals surface area contributed by atoms with Crippen LogP contribution in [0.25, 0.3) is 0 Å². The highest BCUT2D eigenvalue weighted by Gasteiger charge is 1.97. The lowest BCUT2D eigenvalue weighted by Crippen LogP contribution is -2.07. The number of halogens is 1. The molecule has 0 amide bonds. The van der Waals surface area contributed by atoms with Gasteiger partial charge in [0.25, 0.3) is 0 Å². The van der Waals surface area contributed by atoms with Gasteiger partial charge in [0.05, 0.1) is 0 Å². The van der Waals surface area contributed by atoms with Gasteiger partial charge in [-0.05, 0) is 33.2 Å². The van der Waals surface area contributed by atoms with Crippen LogP contribution in [0.4, 0.5) is 5.69 Å². The molecule has 1 aromatic rings. The predicted octanol–water partition coefficient (Wildman–Crippen LogP) is 0.500. The summed E-state index contributed by atoms with van der Waals surface area (Å²) in [5.74, 6) is 0. The Labute approximate surface area is 67.4 Å². The second-order valence-electron chi connectivity index (χ2n) is 1.83. The number of nitrogens with zero attached hydrogens (tertiary/aromatic N) is 2. The summed E-state index contributed by atoms with van der Waals surface area (Å²) >= 11 is 3.17. The fourth-order valence-electron chi connectivity index (χ4n) is 0.620. The van der Waals surface area contributed by atoms with E-state index in [1.54, 1.807) is 20.0 Å². The first kappa shape index (κ1) is 7.40. The second-order valence-corrected chi connectivity index (χ2v) is 2.64. The molecule has 0 aromatic carbocycles. The summed E-state index contributed by atoms with van der Waals surface area (Å²) in [5, 5.41) is 2.78. The van der Waals surface area contributed by atoms with Gasteiger partial charge in [0, 0.05) is 5.59 Å². The Kier molecular flexibility index (Phi) is 2.16. The Morgan fingerprint density at radius 2 is 2.30 bits per heavy atom. The minimum Gasteiger partial charge on any atom is -0.254 e. The third kappa shape index (κ3) is 1.41. The lowest BCUT2D eigenvalue weighted by molar-refractivity contribution is 1.31. The molecule has 0 saturated carbocycles. The van der Waals surface area contributed by atoms with Gasteiger partial charge in [-0.15, -0.1) is 4.91 Å². The van der Waals surface area contributed by atoms with Crippen molar-refractivity contribution in [1.82, 2.24) is 4.98 Å². The van der Waals surface area contributed by atoms with E-state index in [0.717, 1.165) is 4.60 Å². The largest absolute Gasteiger partial charge is 0.254 e. The van der Waals surface area contributed by atoms with E-state index in [1.165, 1.54) is 0 Å². The van der Waals surface area contributed by atoms with Crippen LogP contribution in [-0.2, 0) is 0 Å². The Morgan fingerprint density at radius 1 is 1.60 bits per heavy atom. The van der Waals surface area contributed by atoms with Gasteiger partial charge in [0.2, 0.25) is 0 Å². The van der Waals surface area contributed by atoms with Gasteiger partial charge in [-0.1, -0.05) is 0 Å². The maximum Gasteiger partial charge on any atom is 0.167 e. The molecule has 0 aliphatic rings. The number of hydrogen-bond acceptors (Lipinski definition) is 3. The van der Waals surface area contributed by atoms with Crippen molar-refractivity contribution >= 4 is 35.1 Å². The molecule has 1 heterocycles. The van der Waals surface area contributed by atoms with E-state index in [2.05, 4.69) is 26.1 Å². The molecule has 0 spiro atoms. The maximum absolute atomic E-state index is 10.0. The average molecular weight is 199 g/mol. The van der Waals surface area contributed by atoms with Gasteiger partial charge in [-0.2, -0.15) is 0 Å². The van der Waals surface area contributed by atoms with E-state index in [1.807, 2.05) is 0 Å². The van der Waals surface area contributed by atoms with Gasteiger partial charge in [-0.25, -0.2) is 0 Å². The van der Waals surface area contributed by atoms with Crippen LogP contribution in [0.3, 0.4) is 0 Å². The summed E-state index contributed by atoms with van der Waals surface area (Å²) in [6.45, 7) is 0. The highest BCUT2D eigenvalue weighted by molar-refractivity contribution is 9.10. The first-order valence-corrected chi connectivity index (χ1v) is 3.50. The zero-order valence-corrected chi connectivity index (χ0v) is 6.92. The summed E-state index contributed by atoms with van der Waals surface area (Å²) in [4.78, 5) is 14.0. The molecule has 0 aliphatic heterocycles. The van der Waals surface area contributed by atoms with Crippen molar-refractivity contribution in [3.63, 3.8) is 0 Å². The maximum atomic E-state index is 10.0. The Bertz CT molecular complexity index is 266. The van der Waals surface area contributed by atoms with Gasteiger partial charge in [-0.3, -0.25) is 4.98 Å². The molecule has 0 saturated heterocycles. The van der Waals surface area contributed by atoms with E-state index < -0.39 is 0 Å². The zero-order chi connectivity index (χ0) is 7.56. The molecule has 0 bridgehead atoms. The molecule has 0 fully saturated rings. The number of pyridine rings is 1. The van der Waals surface area contributed by atoms with Crippen molar-refractivity contribution < 1.29 is 0 Å². The van der Waals surface area contributed by atoms with Crippen LogP contribution in [0.15, 0.2) is 21.9 Å². The summed E-state index contributed by atoms with van der Waals surface area (Å²) in [6.07, 6.45) is 0. The number of hydrogen-bond donors (Lipinski definition) is 0. The van der Waals surface area contributed by atoms with Crippen molar-refractivity contribution in [2.75, 3.05) is 0 Å². The van der Waals surface area contributed by atoms with Gasteiger partial charge in [0.15, 0.2) is 7.85 Å². The SMILES string of the molecule is Bc1nc(Br)ccc1N=O. The average Bonchev–Trinajstić information content (AvgIpc) is 1.88. The fraction of sp³-hybridized carbons (Fsp3) is 0. The highest BCUT2D eigenvalue weighted by atomic mass is 79.9. The lowest BCUT2D eigenvalue weighted by atomic mass is 10.0. The van der Waals surface area contributed by atoms with Crippen LogP contribution in [0, 0.1) is 4.91 Å². The fourth-order valence-corrected chi connectivity index (χ4v) is 1.02. The topological polar surface area (TPSA) is 42.3 Å². The second kappa shape index (κ2) is 2.92. The van der Waals surface area contributed by atoms with Crippen molar-refractivity contribution in [2.24, 2.45) is 5.18 Å². The molecule has 10 heavy (non-hydrogen) atoms. The molecule has 0 N–H and O–H groups in total. The van der Waals surface area contributed by atoms with Gasteiger partial charge in [0.1, 0.15) is 10.3 Å². The van der Waals surface area contributed by atoms with E-state index in [4.69, 9.17) is 0 Å². The van der Waals surface area contributed by atoms with Crippen LogP contribution in [0.2, 0.25) is 0 Å². The van der Waals surface area contributed by atoms with Crippen LogP contribution >= 0.6 is 15.9 Å². The normalized spacial score (nSPS) is 9.30. The minimum absolute atomic E-state index is 0.392. The molecule has 1 rings (SSSR count). The molecule has 1 aromatic heterocycles. The third-order valence-corrected chi connectivity index (χ3v) is 1.56. The highest BCUT2D eigenvalue weighted by Crippen LogP contribution is 2.09. The molecular formula is C5H4BBrN2O. The summed E-state index contributed by atoms with van der Waals surface area (Å²) in [6, 6.07) is 3.31. The van der Waals surface area contributed by atoms with Crippen LogP contribution < -0.4 is 5.59 Å². The molecule has 0 atom stereocenters. The summed E-state index contributed by atoms with van der Waals surface area (Å²) in [7, 11) is 1.74. The van der Waals surface area contributed by atoms with E-state index in [-0.39, 0.29) is 0 Å². The van der Waals surface area contributed by atoms with Crippen molar-refractivity contribution in [2.45, 2.75) is 0 Å². The van der Waals surface area contributed by atoms with Crippen LogP contribution in [-0.4, -0.2) is 12.8 Å². The summed E-state index contributed by atoms with van der Waals surface area (Å²) < 4.78 is 0.720. The quantitative estimate of drug-likeness (QED) is 0.375. The molecule has 0 radical (unpaired) electrons. The monoisotopic (exact) mass is 198 g/mol. The van der Waals surface area contributed by atoms with Crippen molar-refractivity contribution in [1.29, 1.82) is 0 Å². The molecule has 0 unspecified atom stereocenters. The first-order valence-electron chi connectivity index (χ1n) is 2.70. The summed E-state index contributed by atoms with van der Waals surface area (Å²) in [5.41, 5.74) is 1.03. The van der Waals surface area contributed by atoms with E-state index >= 15 is 0 Å². The minimum atomic E-state index is 0.392. The molecule has 50 valence electrons. The smallest absolute Gasteiger partial charge is 0.167 e. The molecular weight excluding hydrogens is 195 g/mol. The van der Waals surface area contributed by atoms with Gasteiger partial charge >= 0.3 is 0 Å². The number of aromatic nitrogens is 1. The number of rotatable bonds is 1. The third-order valence-electron chi connectivity index (χ3n) is 1.12. The van der Waals surface area contributed by atoms with E-state index in [9.17, 15) is 4.91 Å². The van der Waals surface area contributed by atoms with Crippen LogP contribution in [0.5, 0.6) is 0 Å². The Balaban J connectivity index is 3.19. The molecule has 0 aliphatic carbocycles. The van der Waals surface area contributed by atoms with Crippen molar-refractivity contribution in [3.05, 3.63) is 21.6 Å². The first-order chi connectivity index (χ1) is 4.74. The lowest BCUT2D eigenvalue weighted by Gasteiger charge is -1.94. The molecule has 5 heteroatoms. The van der Waals surface area contributed by atoms with Crippen molar-refractivity contribution in [3.8, 4) is 0 Å². The van der Waals surface area contributed by atoms with Crippen LogP contribution in [0.1, 0.15) is 0 Å². The molecule has 3 nitrogen and oxygen atoms in total. The van der Waals surface area contributed by atoms with Gasteiger partial charge < -0.3 is 0 Å². The standard InChI is InChI=1S/C5H4BBrN2O/c6-5-3(9-10)1-2-4(7)8-5/h1-2H,6H2. The predicted molar refractivity (Wildman–Crippen MR) is 45.6 cm³/mol. The van der Waals surface area contributed by atoms with E-state index in [0.29, 0.717) is 11.3 Å². The zero-order valence-electron chi connectivity index (χ0n) is 5.34. The number of nitroso groups, excluding NO2 is 1. The Morgan fingerprint density at radius 3 is 2.80 bits per heavy atom. The Hall–Kier alpha value is -0.705.